The van der Waals surface area contributed by atoms with Crippen LogP contribution >= 0.6 is 0 Å². The number of carbonyl (C=O) groups is 1. The van der Waals surface area contributed by atoms with Gasteiger partial charge in [-0.3, -0.25) is 4.79 Å². The molecule has 2 aromatic carbocycles. The Kier molecular flexibility index (Phi) is 3.29. The lowest BCUT2D eigenvalue weighted by Gasteiger charge is -2.10. The molecule has 0 fully saturated rings. The van der Waals surface area contributed by atoms with Crippen molar-refractivity contribution in [3.8, 4) is 16.9 Å². The number of aldehydes is 1. The van der Waals surface area contributed by atoms with E-state index in [1.165, 1.54) is 30.3 Å². The lowest BCUT2D eigenvalue weighted by atomic mass is 10.0. The van der Waals surface area contributed by atoms with E-state index >= 15 is 0 Å². The summed E-state index contributed by atoms with van der Waals surface area (Å²) in [5.74, 6) is -0.454. The van der Waals surface area contributed by atoms with Crippen LogP contribution in [0.5, 0.6) is 5.75 Å². The second kappa shape index (κ2) is 4.76. The maximum absolute atomic E-state index is 12.6. The van der Waals surface area contributed by atoms with E-state index in [0.717, 1.165) is 6.07 Å². The number of aromatic hydroxyl groups is 1. The van der Waals surface area contributed by atoms with Gasteiger partial charge >= 0.3 is 6.18 Å². The number of phenolic OH excluding ortho intramolecular Hbond substituents is 1. The molecule has 5 heteroatoms. The number of phenols is 1. The molecule has 0 heterocycles. The Hall–Kier alpha value is -2.30. The third-order valence-electron chi connectivity index (χ3n) is 2.63. The van der Waals surface area contributed by atoms with E-state index in [1.54, 1.807) is 0 Å². The van der Waals surface area contributed by atoms with E-state index in [9.17, 15) is 23.1 Å². The van der Waals surface area contributed by atoms with Gasteiger partial charge in [0.1, 0.15) is 12.0 Å². The fraction of sp³-hybridized carbons (Fsp3) is 0.0714. The minimum Gasteiger partial charge on any atom is -0.508 e. The van der Waals surface area contributed by atoms with Crippen molar-refractivity contribution in [2.45, 2.75) is 6.18 Å². The van der Waals surface area contributed by atoms with Gasteiger partial charge in [0, 0.05) is 5.56 Å². The van der Waals surface area contributed by atoms with E-state index in [-0.39, 0.29) is 5.56 Å². The quantitative estimate of drug-likeness (QED) is 0.837. The fourth-order valence-corrected chi connectivity index (χ4v) is 1.70. The Morgan fingerprint density at radius 3 is 2.11 bits per heavy atom. The molecule has 0 aliphatic carbocycles. The highest BCUT2D eigenvalue weighted by atomic mass is 19.4. The monoisotopic (exact) mass is 266 g/mol. The molecule has 0 aromatic heterocycles. The molecule has 2 nitrogen and oxygen atoms in total. The van der Waals surface area contributed by atoms with Crippen molar-refractivity contribution in [3.05, 3.63) is 53.6 Å². The Bertz CT molecular complexity index is 601. The number of halogens is 3. The van der Waals surface area contributed by atoms with Crippen molar-refractivity contribution < 1.29 is 23.1 Å². The number of carbonyl (C=O) groups excluding carboxylic acids is 1. The molecule has 0 atom stereocenters. The van der Waals surface area contributed by atoms with E-state index in [2.05, 4.69) is 0 Å². The van der Waals surface area contributed by atoms with Crippen LogP contribution in [0.25, 0.3) is 11.1 Å². The summed E-state index contributed by atoms with van der Waals surface area (Å²) in [7, 11) is 0. The SMILES string of the molecule is O=Cc1ccc(-c2cc(O)cc(C(F)(F)F)c2)cc1. The topological polar surface area (TPSA) is 37.3 Å². The Labute approximate surface area is 107 Å². The van der Waals surface area contributed by atoms with Crippen LogP contribution in [0.1, 0.15) is 15.9 Å². The third-order valence-corrected chi connectivity index (χ3v) is 2.63. The first-order valence-electron chi connectivity index (χ1n) is 5.37. The van der Waals surface area contributed by atoms with Crippen molar-refractivity contribution in [2.24, 2.45) is 0 Å². The molecular weight excluding hydrogens is 257 g/mol. The lowest BCUT2D eigenvalue weighted by molar-refractivity contribution is -0.137. The maximum atomic E-state index is 12.6. The molecular formula is C14H9F3O2. The molecule has 2 rings (SSSR count). The highest BCUT2D eigenvalue weighted by molar-refractivity contribution is 5.77. The van der Waals surface area contributed by atoms with Gasteiger partial charge in [-0.25, -0.2) is 0 Å². The van der Waals surface area contributed by atoms with Crippen LogP contribution in [0.4, 0.5) is 13.2 Å². The predicted octanol–water partition coefficient (Wildman–Crippen LogP) is 3.89. The summed E-state index contributed by atoms with van der Waals surface area (Å²) in [5, 5.41) is 9.36. The maximum Gasteiger partial charge on any atom is 0.416 e. The predicted molar refractivity (Wildman–Crippen MR) is 63.9 cm³/mol. The molecule has 19 heavy (non-hydrogen) atoms. The molecule has 98 valence electrons. The number of hydrogen-bond donors (Lipinski definition) is 1. The first-order valence-corrected chi connectivity index (χ1v) is 5.37. The van der Waals surface area contributed by atoms with Crippen molar-refractivity contribution in [1.29, 1.82) is 0 Å². The standard InChI is InChI=1S/C14H9F3O2/c15-14(16,17)12-5-11(6-13(19)7-12)10-3-1-9(8-18)2-4-10/h1-8,19H. The Balaban J connectivity index is 2.49. The first-order chi connectivity index (χ1) is 8.90. The third kappa shape index (κ3) is 2.93. The molecule has 2 aromatic rings. The summed E-state index contributed by atoms with van der Waals surface area (Å²) < 4.78 is 37.9. The van der Waals surface area contributed by atoms with Gasteiger partial charge in [0.05, 0.1) is 5.56 Å². The molecule has 0 aliphatic rings. The van der Waals surface area contributed by atoms with Gasteiger partial charge in [-0.2, -0.15) is 13.2 Å². The molecule has 0 saturated heterocycles. The molecule has 0 spiro atoms. The van der Waals surface area contributed by atoms with Gasteiger partial charge in [0.25, 0.3) is 0 Å². The largest absolute Gasteiger partial charge is 0.508 e. The van der Waals surface area contributed by atoms with Gasteiger partial charge < -0.3 is 5.11 Å². The van der Waals surface area contributed by atoms with Crippen LogP contribution < -0.4 is 0 Å². The highest BCUT2D eigenvalue weighted by Gasteiger charge is 2.31. The van der Waals surface area contributed by atoms with E-state index in [0.29, 0.717) is 23.5 Å². The second-order valence-corrected chi connectivity index (χ2v) is 4.01. The summed E-state index contributed by atoms with van der Waals surface area (Å²) in [6.45, 7) is 0. The summed E-state index contributed by atoms with van der Waals surface area (Å²) >= 11 is 0. The zero-order chi connectivity index (χ0) is 14.0. The summed E-state index contributed by atoms with van der Waals surface area (Å²) in [5.41, 5.74) is 0.249. The van der Waals surface area contributed by atoms with Crippen molar-refractivity contribution in [2.75, 3.05) is 0 Å². The Morgan fingerprint density at radius 2 is 1.58 bits per heavy atom. The zero-order valence-corrected chi connectivity index (χ0v) is 9.61. The second-order valence-electron chi connectivity index (χ2n) is 4.01. The van der Waals surface area contributed by atoms with Crippen molar-refractivity contribution >= 4 is 6.29 Å². The average Bonchev–Trinajstić information content (AvgIpc) is 2.37. The number of alkyl halides is 3. The van der Waals surface area contributed by atoms with Gasteiger partial charge in [-0.1, -0.05) is 24.3 Å². The minimum atomic E-state index is -4.52. The summed E-state index contributed by atoms with van der Waals surface area (Å²) in [6.07, 6.45) is -3.87. The highest BCUT2D eigenvalue weighted by Crippen LogP contribution is 2.35. The summed E-state index contributed by atoms with van der Waals surface area (Å²) in [4.78, 5) is 10.5. The molecule has 0 saturated carbocycles. The first kappa shape index (κ1) is 13.1. The summed E-state index contributed by atoms with van der Waals surface area (Å²) in [6, 6.07) is 8.92. The van der Waals surface area contributed by atoms with Crippen molar-refractivity contribution in [1.82, 2.24) is 0 Å². The van der Waals surface area contributed by atoms with Crippen LogP contribution in [0.2, 0.25) is 0 Å². The van der Waals surface area contributed by atoms with Crippen LogP contribution in [-0.4, -0.2) is 11.4 Å². The average molecular weight is 266 g/mol. The normalized spacial score (nSPS) is 11.3. The molecule has 0 amide bonds. The molecule has 0 bridgehead atoms. The molecule has 0 aliphatic heterocycles. The Morgan fingerprint density at radius 1 is 0.947 bits per heavy atom. The van der Waals surface area contributed by atoms with E-state index in [1.807, 2.05) is 0 Å². The van der Waals surface area contributed by atoms with Gasteiger partial charge in [-0.15, -0.1) is 0 Å². The van der Waals surface area contributed by atoms with Gasteiger partial charge in [0.2, 0.25) is 0 Å². The number of benzene rings is 2. The smallest absolute Gasteiger partial charge is 0.416 e. The molecule has 0 radical (unpaired) electrons. The molecule has 1 N–H and O–H groups in total. The van der Waals surface area contributed by atoms with Crippen LogP contribution in [0.15, 0.2) is 42.5 Å². The van der Waals surface area contributed by atoms with Crippen molar-refractivity contribution in [3.63, 3.8) is 0 Å². The minimum absolute atomic E-state index is 0.241. The number of hydrogen-bond acceptors (Lipinski definition) is 2. The zero-order valence-electron chi connectivity index (χ0n) is 9.61. The molecule has 0 unspecified atom stereocenters. The lowest BCUT2D eigenvalue weighted by Crippen LogP contribution is -2.04. The van der Waals surface area contributed by atoms with E-state index in [4.69, 9.17) is 0 Å². The van der Waals surface area contributed by atoms with Crippen LogP contribution in [0.3, 0.4) is 0 Å². The van der Waals surface area contributed by atoms with Gasteiger partial charge in [-0.05, 0) is 29.3 Å². The van der Waals surface area contributed by atoms with E-state index < -0.39 is 17.5 Å². The van der Waals surface area contributed by atoms with Gasteiger partial charge in [0.15, 0.2) is 0 Å². The number of rotatable bonds is 2. The van der Waals surface area contributed by atoms with Crippen LogP contribution in [-0.2, 0) is 6.18 Å². The van der Waals surface area contributed by atoms with Crippen LogP contribution in [0, 0.1) is 0 Å². The fourth-order valence-electron chi connectivity index (χ4n) is 1.70.